The lowest BCUT2D eigenvalue weighted by Crippen LogP contribution is -2.41. The minimum absolute atomic E-state index is 0.131. The molecule has 1 aromatic carbocycles. The van der Waals surface area contributed by atoms with Crippen molar-refractivity contribution >= 4 is 23.3 Å². The molecule has 4 nitrogen and oxygen atoms in total. The minimum Gasteiger partial charge on any atom is -0.495 e. The van der Waals surface area contributed by atoms with Crippen molar-refractivity contribution in [1.29, 1.82) is 0 Å². The Bertz CT molecular complexity index is 595. The number of carbonyl (C=O) groups is 1. The smallest absolute Gasteiger partial charge is 0.311 e. The van der Waals surface area contributed by atoms with Crippen LogP contribution in [0.25, 0.3) is 0 Å². The van der Waals surface area contributed by atoms with Crippen LogP contribution in [0.15, 0.2) is 12.1 Å². The molecule has 0 saturated carbocycles. The molecule has 0 amide bonds. The van der Waals surface area contributed by atoms with Crippen LogP contribution >= 0.6 is 11.6 Å². The molecule has 2 rings (SSSR count). The first-order valence-electron chi connectivity index (χ1n) is 8.60. The highest BCUT2D eigenvalue weighted by Gasteiger charge is 2.31. The van der Waals surface area contributed by atoms with E-state index in [0.717, 1.165) is 47.8 Å². The molecule has 5 heteroatoms. The highest BCUT2D eigenvalue weighted by molar-refractivity contribution is 6.34. The molecule has 0 N–H and O–H groups in total. The van der Waals surface area contributed by atoms with Crippen LogP contribution in [0.5, 0.6) is 5.75 Å². The van der Waals surface area contributed by atoms with Gasteiger partial charge >= 0.3 is 5.97 Å². The van der Waals surface area contributed by atoms with Crippen LogP contribution in [0.1, 0.15) is 46.1 Å². The number of hydrogen-bond acceptors (Lipinski definition) is 4. The topological polar surface area (TPSA) is 38.8 Å². The summed E-state index contributed by atoms with van der Waals surface area (Å²) >= 11 is 6.62. The van der Waals surface area contributed by atoms with Gasteiger partial charge in [0, 0.05) is 13.1 Å². The molecule has 134 valence electrons. The van der Waals surface area contributed by atoms with E-state index in [1.807, 2.05) is 32.9 Å². The Morgan fingerprint density at radius 2 is 2.08 bits per heavy atom. The highest BCUT2D eigenvalue weighted by atomic mass is 35.5. The quantitative estimate of drug-likeness (QED) is 0.748. The summed E-state index contributed by atoms with van der Waals surface area (Å²) in [5.41, 5.74) is 1.52. The number of esters is 1. The van der Waals surface area contributed by atoms with Gasteiger partial charge in [0.2, 0.25) is 0 Å². The van der Waals surface area contributed by atoms with E-state index in [-0.39, 0.29) is 11.9 Å². The zero-order valence-corrected chi connectivity index (χ0v) is 16.1. The fraction of sp³-hybridized carbons (Fsp3) is 0.632. The second kappa shape index (κ2) is 7.64. The molecule has 1 aromatic rings. The molecule has 1 aliphatic rings. The molecule has 0 bridgehead atoms. The van der Waals surface area contributed by atoms with Crippen molar-refractivity contribution in [2.45, 2.75) is 52.6 Å². The number of anilines is 1. The molecule has 1 heterocycles. The first-order valence-corrected chi connectivity index (χ1v) is 8.97. The minimum atomic E-state index is -0.461. The van der Waals surface area contributed by atoms with E-state index in [9.17, 15) is 4.79 Å². The van der Waals surface area contributed by atoms with Gasteiger partial charge in [-0.05, 0) is 51.7 Å². The van der Waals surface area contributed by atoms with Gasteiger partial charge in [-0.15, -0.1) is 0 Å². The predicted molar refractivity (Wildman–Crippen MR) is 98.2 cm³/mol. The number of ether oxygens (including phenoxy) is 2. The maximum absolute atomic E-state index is 12.4. The van der Waals surface area contributed by atoms with Crippen LogP contribution in [0, 0.1) is 5.92 Å². The van der Waals surface area contributed by atoms with E-state index in [1.165, 1.54) is 0 Å². The molecule has 1 atom stereocenters. The van der Waals surface area contributed by atoms with E-state index in [4.69, 9.17) is 21.1 Å². The number of hydrogen-bond donors (Lipinski definition) is 0. The maximum atomic E-state index is 12.4. The summed E-state index contributed by atoms with van der Waals surface area (Å²) in [7, 11) is 1.65. The summed E-state index contributed by atoms with van der Waals surface area (Å²) < 4.78 is 11.1. The van der Waals surface area contributed by atoms with Crippen LogP contribution in [0.3, 0.4) is 0 Å². The van der Waals surface area contributed by atoms with E-state index >= 15 is 0 Å². The Balaban J connectivity index is 2.25. The molecule has 1 saturated heterocycles. The van der Waals surface area contributed by atoms with Crippen molar-refractivity contribution in [3.8, 4) is 5.75 Å². The number of halogens is 1. The molecule has 1 aliphatic heterocycles. The third-order valence-electron chi connectivity index (χ3n) is 4.24. The zero-order chi connectivity index (χ0) is 17.9. The molecule has 0 spiro atoms. The van der Waals surface area contributed by atoms with Crippen molar-refractivity contribution in [3.63, 3.8) is 0 Å². The van der Waals surface area contributed by atoms with Crippen molar-refractivity contribution in [2.24, 2.45) is 5.92 Å². The van der Waals surface area contributed by atoms with Gasteiger partial charge in [-0.1, -0.05) is 24.6 Å². The maximum Gasteiger partial charge on any atom is 0.311 e. The first kappa shape index (κ1) is 18.9. The van der Waals surface area contributed by atoms with E-state index in [1.54, 1.807) is 7.11 Å². The molecular formula is C19H28ClNO3. The molecule has 0 aliphatic carbocycles. The van der Waals surface area contributed by atoms with Crippen LogP contribution < -0.4 is 9.64 Å². The van der Waals surface area contributed by atoms with Gasteiger partial charge < -0.3 is 14.4 Å². The number of methoxy groups -OCH3 is 1. The van der Waals surface area contributed by atoms with Crippen LogP contribution in [-0.2, 0) is 16.0 Å². The normalized spacial score (nSPS) is 18.4. The van der Waals surface area contributed by atoms with Crippen LogP contribution in [-0.4, -0.2) is 31.8 Å². The summed E-state index contributed by atoms with van der Waals surface area (Å²) in [5, 5.41) is 0.724. The van der Waals surface area contributed by atoms with E-state index in [2.05, 4.69) is 11.8 Å². The van der Waals surface area contributed by atoms with Gasteiger partial charge in [-0.3, -0.25) is 4.79 Å². The third-order valence-corrected chi connectivity index (χ3v) is 4.66. The Morgan fingerprint density at radius 1 is 1.38 bits per heavy atom. The van der Waals surface area contributed by atoms with Crippen molar-refractivity contribution in [1.82, 2.24) is 0 Å². The molecule has 0 radical (unpaired) electrons. The van der Waals surface area contributed by atoms with Crippen molar-refractivity contribution in [2.75, 3.05) is 25.1 Å². The SMILES string of the molecule is CCc1ccc(OC)c(N2CCCC(C(=O)OC(C)(C)C)C2)c1Cl. The second-order valence-corrected chi connectivity index (χ2v) is 7.64. The number of nitrogens with zero attached hydrogens (tertiary/aromatic N) is 1. The summed E-state index contributed by atoms with van der Waals surface area (Å²) in [6, 6.07) is 3.96. The molecular weight excluding hydrogens is 326 g/mol. The number of benzene rings is 1. The standard InChI is InChI=1S/C19H28ClNO3/c1-6-13-9-10-15(23-5)17(16(13)20)21-11-7-8-14(12-21)18(22)24-19(2,3)4/h9-10,14H,6-8,11-12H2,1-5H3. The van der Waals surface area contributed by atoms with Gasteiger partial charge in [0.25, 0.3) is 0 Å². The molecule has 1 unspecified atom stereocenters. The summed E-state index contributed by atoms with van der Waals surface area (Å²) in [4.78, 5) is 14.6. The lowest BCUT2D eigenvalue weighted by atomic mass is 9.96. The predicted octanol–water partition coefficient (Wildman–Crippen LogP) is 4.47. The number of aryl methyl sites for hydroxylation is 1. The number of carbonyl (C=O) groups excluding carboxylic acids is 1. The highest BCUT2D eigenvalue weighted by Crippen LogP contribution is 2.40. The number of piperidine rings is 1. The Labute approximate surface area is 150 Å². The zero-order valence-electron chi connectivity index (χ0n) is 15.3. The first-order chi connectivity index (χ1) is 11.3. The van der Waals surface area contributed by atoms with Crippen LogP contribution in [0.2, 0.25) is 5.02 Å². The largest absolute Gasteiger partial charge is 0.495 e. The molecule has 24 heavy (non-hydrogen) atoms. The molecule has 0 aromatic heterocycles. The fourth-order valence-corrected chi connectivity index (χ4v) is 3.49. The average Bonchev–Trinajstić information content (AvgIpc) is 2.53. The van der Waals surface area contributed by atoms with Gasteiger partial charge in [0.15, 0.2) is 0 Å². The Morgan fingerprint density at radius 3 is 2.67 bits per heavy atom. The van der Waals surface area contributed by atoms with Crippen molar-refractivity contribution < 1.29 is 14.3 Å². The molecule has 1 fully saturated rings. The number of rotatable bonds is 4. The van der Waals surface area contributed by atoms with Gasteiger partial charge in [-0.2, -0.15) is 0 Å². The summed E-state index contributed by atoms with van der Waals surface area (Å²) in [6.07, 6.45) is 2.64. The van der Waals surface area contributed by atoms with Gasteiger partial charge in [-0.25, -0.2) is 0 Å². The second-order valence-electron chi connectivity index (χ2n) is 7.26. The van der Waals surface area contributed by atoms with Crippen molar-refractivity contribution in [3.05, 3.63) is 22.7 Å². The Kier molecular flexibility index (Phi) is 6.02. The lowest BCUT2D eigenvalue weighted by molar-refractivity contribution is -0.160. The summed E-state index contributed by atoms with van der Waals surface area (Å²) in [5.74, 6) is 0.486. The summed E-state index contributed by atoms with van der Waals surface area (Å²) in [6.45, 7) is 9.25. The third kappa shape index (κ3) is 4.35. The Hall–Kier alpha value is -1.42. The lowest BCUT2D eigenvalue weighted by Gasteiger charge is -2.36. The van der Waals surface area contributed by atoms with Crippen LogP contribution in [0.4, 0.5) is 5.69 Å². The van der Waals surface area contributed by atoms with Gasteiger partial charge in [0.05, 0.1) is 23.7 Å². The fourth-order valence-electron chi connectivity index (χ4n) is 3.08. The monoisotopic (exact) mass is 353 g/mol. The van der Waals surface area contributed by atoms with E-state index in [0.29, 0.717) is 6.54 Å². The van der Waals surface area contributed by atoms with Gasteiger partial charge in [0.1, 0.15) is 11.4 Å². The van der Waals surface area contributed by atoms with E-state index < -0.39 is 5.60 Å². The average molecular weight is 354 g/mol.